The van der Waals surface area contributed by atoms with Gasteiger partial charge in [0.2, 0.25) is 5.43 Å². The number of nitrogens with zero attached hydrogens (tertiary/aromatic N) is 4. The molecule has 0 aliphatic carbocycles. The van der Waals surface area contributed by atoms with E-state index in [9.17, 15) is 19.7 Å². The molecule has 154 valence electrons. The minimum atomic E-state index is -0.709. The number of carbonyl (C=O) groups is 1. The number of carbonyl (C=O) groups excluding carboxylic acids is 1. The zero-order valence-corrected chi connectivity index (χ0v) is 17.0. The first-order valence-corrected chi connectivity index (χ1v) is 9.98. The van der Waals surface area contributed by atoms with E-state index in [1.54, 1.807) is 31.3 Å². The van der Waals surface area contributed by atoms with Crippen molar-refractivity contribution in [2.24, 2.45) is 0 Å². The molecule has 0 radical (unpaired) electrons. The van der Waals surface area contributed by atoms with Gasteiger partial charge in [-0.1, -0.05) is 12.1 Å². The summed E-state index contributed by atoms with van der Waals surface area (Å²) in [6.07, 6.45) is 1.71. The van der Waals surface area contributed by atoms with Crippen LogP contribution in [0.25, 0.3) is 16.3 Å². The van der Waals surface area contributed by atoms with Crippen LogP contribution in [0.15, 0.2) is 71.0 Å². The normalized spacial score (nSPS) is 10.6. The van der Waals surface area contributed by atoms with Crippen molar-refractivity contribution in [1.82, 2.24) is 14.8 Å². The van der Waals surface area contributed by atoms with Crippen LogP contribution in [0.1, 0.15) is 16.2 Å². The van der Waals surface area contributed by atoms with E-state index in [1.165, 1.54) is 40.3 Å². The first kappa shape index (κ1) is 20.1. The van der Waals surface area contributed by atoms with Crippen LogP contribution < -0.4 is 10.7 Å². The van der Waals surface area contributed by atoms with Crippen molar-refractivity contribution < 1.29 is 9.72 Å². The topological polar surface area (TPSA) is 120 Å². The highest BCUT2D eigenvalue weighted by molar-refractivity contribution is 7.13. The molecule has 0 unspecified atom stereocenters. The summed E-state index contributed by atoms with van der Waals surface area (Å²) in [5.74, 6) is -0.709. The van der Waals surface area contributed by atoms with E-state index in [0.29, 0.717) is 11.4 Å². The summed E-state index contributed by atoms with van der Waals surface area (Å²) >= 11 is 1.50. The van der Waals surface area contributed by atoms with Crippen molar-refractivity contribution in [1.29, 1.82) is 0 Å². The number of para-hydroxylation sites is 2. The molecule has 31 heavy (non-hydrogen) atoms. The lowest BCUT2D eigenvalue weighted by atomic mass is 10.2. The van der Waals surface area contributed by atoms with Gasteiger partial charge in [-0.05, 0) is 37.3 Å². The molecule has 2 aromatic heterocycles. The van der Waals surface area contributed by atoms with Crippen LogP contribution >= 0.6 is 11.3 Å². The Kier molecular flexibility index (Phi) is 5.37. The molecule has 0 spiro atoms. The second-order valence-corrected chi connectivity index (χ2v) is 7.42. The minimum absolute atomic E-state index is 0.159. The lowest BCUT2D eigenvalue weighted by Crippen LogP contribution is -2.27. The Balaban J connectivity index is 1.66. The standard InChI is InChI=1S/C21H15N5O4S/c1-13-12-18(27)19(24-25(13)16-4-2-3-5-17(16)26(29)30)20(28)23-15-8-6-14(7-9-15)21-22-10-11-31-21/h2-12H,1H3,(H,23,28). The average molecular weight is 433 g/mol. The van der Waals surface area contributed by atoms with E-state index in [1.807, 2.05) is 17.5 Å². The molecule has 4 rings (SSSR count). The predicted octanol–water partition coefficient (Wildman–Crippen LogP) is 3.82. The molecule has 0 fully saturated rings. The van der Waals surface area contributed by atoms with Gasteiger partial charge in [-0.15, -0.1) is 11.3 Å². The quantitative estimate of drug-likeness (QED) is 0.377. The highest BCUT2D eigenvalue weighted by Gasteiger charge is 2.20. The highest BCUT2D eigenvalue weighted by atomic mass is 32.1. The number of aromatic nitrogens is 3. The Morgan fingerprint density at radius 2 is 1.90 bits per heavy atom. The van der Waals surface area contributed by atoms with Crippen LogP contribution in [0.3, 0.4) is 0 Å². The second-order valence-electron chi connectivity index (χ2n) is 6.52. The number of rotatable bonds is 5. The third-order valence-electron chi connectivity index (χ3n) is 4.45. The van der Waals surface area contributed by atoms with Gasteiger partial charge < -0.3 is 5.32 Å². The van der Waals surface area contributed by atoms with Gasteiger partial charge in [-0.25, -0.2) is 9.67 Å². The molecule has 0 bridgehead atoms. The second kappa shape index (κ2) is 8.28. The Bertz CT molecular complexity index is 1330. The van der Waals surface area contributed by atoms with Gasteiger partial charge >= 0.3 is 0 Å². The molecule has 0 saturated carbocycles. The van der Waals surface area contributed by atoms with E-state index in [2.05, 4.69) is 15.4 Å². The molecule has 10 heteroatoms. The molecule has 2 heterocycles. The summed E-state index contributed by atoms with van der Waals surface area (Å²) in [7, 11) is 0. The highest BCUT2D eigenvalue weighted by Crippen LogP contribution is 2.24. The lowest BCUT2D eigenvalue weighted by Gasteiger charge is -2.11. The molecule has 0 atom stereocenters. The number of aryl methyl sites for hydroxylation is 1. The maximum absolute atomic E-state index is 12.7. The number of amides is 1. The van der Waals surface area contributed by atoms with Crippen LogP contribution in [0.4, 0.5) is 11.4 Å². The summed E-state index contributed by atoms with van der Waals surface area (Å²) in [4.78, 5) is 40.2. The van der Waals surface area contributed by atoms with Gasteiger partial charge in [0.25, 0.3) is 11.6 Å². The largest absolute Gasteiger partial charge is 0.320 e. The van der Waals surface area contributed by atoms with Crippen LogP contribution in [-0.4, -0.2) is 25.6 Å². The third-order valence-corrected chi connectivity index (χ3v) is 5.27. The molecule has 9 nitrogen and oxygen atoms in total. The molecule has 0 aliphatic heterocycles. The minimum Gasteiger partial charge on any atom is -0.320 e. The van der Waals surface area contributed by atoms with Crippen LogP contribution in [0, 0.1) is 17.0 Å². The summed E-state index contributed by atoms with van der Waals surface area (Å²) in [6, 6.07) is 14.2. The number of thiazole rings is 1. The number of benzene rings is 2. The van der Waals surface area contributed by atoms with Gasteiger partial charge in [0.05, 0.1) is 4.92 Å². The number of hydrogen-bond acceptors (Lipinski definition) is 7. The number of nitrogens with one attached hydrogen (secondary N) is 1. The van der Waals surface area contributed by atoms with Gasteiger partial charge in [0, 0.05) is 40.7 Å². The Labute approximate surface area is 179 Å². The summed E-state index contributed by atoms with van der Waals surface area (Å²) in [5.41, 5.74) is 0.767. The Morgan fingerprint density at radius 3 is 2.58 bits per heavy atom. The van der Waals surface area contributed by atoms with E-state index in [0.717, 1.165) is 10.6 Å². The van der Waals surface area contributed by atoms with Gasteiger partial charge in [0.1, 0.15) is 10.7 Å². The fourth-order valence-electron chi connectivity index (χ4n) is 3.00. The van der Waals surface area contributed by atoms with Crippen molar-refractivity contribution >= 4 is 28.6 Å². The van der Waals surface area contributed by atoms with Crippen molar-refractivity contribution in [3.05, 3.63) is 97.9 Å². The Morgan fingerprint density at radius 1 is 1.16 bits per heavy atom. The molecular weight excluding hydrogens is 418 g/mol. The van der Waals surface area contributed by atoms with E-state index in [-0.39, 0.29) is 17.1 Å². The number of nitro groups is 1. The number of nitro benzene ring substituents is 1. The SMILES string of the molecule is Cc1cc(=O)c(C(=O)Nc2ccc(-c3nccs3)cc2)nn1-c1ccccc1[N+](=O)[O-]. The summed E-state index contributed by atoms with van der Waals surface area (Å²) in [6.45, 7) is 1.59. The molecule has 0 aliphatic rings. The summed E-state index contributed by atoms with van der Waals surface area (Å²) in [5, 5.41) is 20.8. The van der Waals surface area contributed by atoms with Gasteiger partial charge in [-0.2, -0.15) is 5.10 Å². The smallest absolute Gasteiger partial charge is 0.294 e. The average Bonchev–Trinajstić information content (AvgIpc) is 3.29. The maximum atomic E-state index is 12.7. The lowest BCUT2D eigenvalue weighted by molar-refractivity contribution is -0.384. The van der Waals surface area contributed by atoms with Crippen LogP contribution in [0.2, 0.25) is 0 Å². The zero-order valence-electron chi connectivity index (χ0n) is 16.2. The fourth-order valence-corrected chi connectivity index (χ4v) is 3.64. The molecular formula is C21H15N5O4S. The molecule has 2 aromatic carbocycles. The van der Waals surface area contributed by atoms with Crippen LogP contribution in [-0.2, 0) is 0 Å². The van der Waals surface area contributed by atoms with Gasteiger partial charge in [0.15, 0.2) is 5.69 Å². The van der Waals surface area contributed by atoms with Crippen molar-refractivity contribution in [2.45, 2.75) is 6.92 Å². The van der Waals surface area contributed by atoms with Crippen LogP contribution in [0.5, 0.6) is 0 Å². The monoisotopic (exact) mass is 433 g/mol. The van der Waals surface area contributed by atoms with Crippen molar-refractivity contribution in [3.8, 4) is 16.3 Å². The number of hydrogen-bond donors (Lipinski definition) is 1. The van der Waals surface area contributed by atoms with E-state index < -0.39 is 16.3 Å². The molecule has 1 amide bonds. The first-order valence-electron chi connectivity index (χ1n) is 9.10. The summed E-state index contributed by atoms with van der Waals surface area (Å²) < 4.78 is 1.22. The van der Waals surface area contributed by atoms with E-state index in [4.69, 9.17) is 0 Å². The molecule has 4 aromatic rings. The number of anilines is 1. The zero-order chi connectivity index (χ0) is 22.0. The predicted molar refractivity (Wildman–Crippen MR) is 117 cm³/mol. The molecule has 1 N–H and O–H groups in total. The first-order chi connectivity index (χ1) is 14.9. The maximum Gasteiger partial charge on any atom is 0.294 e. The Hall–Kier alpha value is -4.18. The fraction of sp³-hybridized carbons (Fsp3) is 0.0476. The van der Waals surface area contributed by atoms with E-state index >= 15 is 0 Å². The van der Waals surface area contributed by atoms with Crippen molar-refractivity contribution in [2.75, 3.05) is 5.32 Å². The third kappa shape index (κ3) is 4.09. The van der Waals surface area contributed by atoms with Gasteiger partial charge in [-0.3, -0.25) is 19.7 Å². The van der Waals surface area contributed by atoms with Crippen molar-refractivity contribution in [3.63, 3.8) is 0 Å². The molecule has 0 saturated heterocycles.